The number of hydrogen-bond acceptors (Lipinski definition) is 2. The van der Waals surface area contributed by atoms with Crippen LogP contribution in [0.5, 0.6) is 0 Å². The summed E-state index contributed by atoms with van der Waals surface area (Å²) in [6, 6.07) is 2.23. The number of aryl methyl sites for hydroxylation is 2. The first-order chi connectivity index (χ1) is 7.74. The zero-order chi connectivity index (χ0) is 11.5. The van der Waals surface area contributed by atoms with Crippen LogP contribution in [0, 0.1) is 18.8 Å². The molecule has 1 aromatic heterocycles. The smallest absolute Gasteiger partial charge is 0.0596 e. The zero-order valence-corrected chi connectivity index (χ0v) is 10.4. The van der Waals surface area contributed by atoms with Crippen molar-refractivity contribution in [2.45, 2.75) is 46.1 Å². The molecule has 0 bridgehead atoms. The summed E-state index contributed by atoms with van der Waals surface area (Å²) in [6.45, 7) is 6.06. The van der Waals surface area contributed by atoms with E-state index in [1.165, 1.54) is 25.0 Å². The van der Waals surface area contributed by atoms with Crippen molar-refractivity contribution in [3.63, 3.8) is 0 Å². The van der Waals surface area contributed by atoms with Gasteiger partial charge in [0.05, 0.1) is 5.69 Å². The molecular formula is C13H23N3. The van der Waals surface area contributed by atoms with E-state index < -0.39 is 0 Å². The van der Waals surface area contributed by atoms with Crippen molar-refractivity contribution in [2.75, 3.05) is 6.54 Å². The summed E-state index contributed by atoms with van der Waals surface area (Å²) in [5.41, 5.74) is 8.36. The normalized spacial score (nSPS) is 25.2. The molecule has 1 heterocycles. The van der Waals surface area contributed by atoms with Gasteiger partial charge in [-0.15, -0.1) is 0 Å². The zero-order valence-electron chi connectivity index (χ0n) is 10.4. The predicted molar refractivity (Wildman–Crippen MR) is 66.2 cm³/mol. The van der Waals surface area contributed by atoms with Crippen LogP contribution in [0.25, 0.3) is 0 Å². The minimum absolute atomic E-state index is 0.737. The van der Waals surface area contributed by atoms with Crippen LogP contribution in [0.4, 0.5) is 0 Å². The van der Waals surface area contributed by atoms with Gasteiger partial charge in [0.1, 0.15) is 0 Å². The van der Waals surface area contributed by atoms with E-state index in [2.05, 4.69) is 29.7 Å². The highest BCUT2D eigenvalue weighted by Crippen LogP contribution is 2.33. The van der Waals surface area contributed by atoms with Gasteiger partial charge in [0, 0.05) is 12.2 Å². The van der Waals surface area contributed by atoms with Gasteiger partial charge >= 0.3 is 0 Å². The molecule has 2 unspecified atom stereocenters. The Labute approximate surface area is 98.0 Å². The molecule has 0 amide bonds. The van der Waals surface area contributed by atoms with Crippen LogP contribution in [0.2, 0.25) is 0 Å². The minimum atomic E-state index is 0.737. The van der Waals surface area contributed by atoms with Crippen molar-refractivity contribution in [3.05, 3.63) is 17.5 Å². The van der Waals surface area contributed by atoms with Crippen LogP contribution in [0.1, 0.15) is 37.6 Å². The van der Waals surface area contributed by atoms with E-state index >= 15 is 0 Å². The van der Waals surface area contributed by atoms with E-state index in [-0.39, 0.29) is 0 Å². The van der Waals surface area contributed by atoms with Crippen LogP contribution in [-0.2, 0) is 13.0 Å². The lowest BCUT2D eigenvalue weighted by atomic mass is 9.91. The van der Waals surface area contributed by atoms with Gasteiger partial charge in [-0.25, -0.2) is 0 Å². The minimum Gasteiger partial charge on any atom is -0.330 e. The van der Waals surface area contributed by atoms with E-state index in [0.29, 0.717) is 0 Å². The highest BCUT2D eigenvalue weighted by atomic mass is 15.3. The first-order valence-corrected chi connectivity index (χ1v) is 6.48. The van der Waals surface area contributed by atoms with Crippen molar-refractivity contribution < 1.29 is 0 Å². The second-order valence-electron chi connectivity index (χ2n) is 4.98. The van der Waals surface area contributed by atoms with Crippen LogP contribution >= 0.6 is 0 Å². The lowest BCUT2D eigenvalue weighted by Crippen LogP contribution is -2.21. The Hall–Kier alpha value is -0.830. The van der Waals surface area contributed by atoms with Crippen molar-refractivity contribution in [2.24, 2.45) is 17.6 Å². The fourth-order valence-corrected chi connectivity index (χ4v) is 3.00. The molecule has 0 saturated heterocycles. The average Bonchev–Trinajstić information content (AvgIpc) is 2.85. The summed E-state index contributed by atoms with van der Waals surface area (Å²) in [7, 11) is 0. The third-order valence-electron chi connectivity index (χ3n) is 3.88. The Balaban J connectivity index is 2.07. The lowest BCUT2D eigenvalue weighted by molar-refractivity contribution is 0.383. The molecular weight excluding hydrogens is 198 g/mol. The van der Waals surface area contributed by atoms with Gasteiger partial charge < -0.3 is 5.73 Å². The second-order valence-corrected chi connectivity index (χ2v) is 4.98. The van der Waals surface area contributed by atoms with Crippen LogP contribution < -0.4 is 5.73 Å². The first kappa shape index (κ1) is 11.6. The Morgan fingerprint density at radius 3 is 2.88 bits per heavy atom. The fourth-order valence-electron chi connectivity index (χ4n) is 3.00. The molecule has 0 aromatic carbocycles. The third kappa shape index (κ3) is 2.29. The Morgan fingerprint density at radius 1 is 1.44 bits per heavy atom. The molecule has 16 heavy (non-hydrogen) atoms. The summed E-state index contributed by atoms with van der Waals surface area (Å²) in [6.07, 6.45) is 5.18. The molecule has 1 saturated carbocycles. The molecule has 2 atom stereocenters. The molecule has 0 spiro atoms. The molecule has 0 radical (unpaired) electrons. The molecule has 90 valence electrons. The van der Waals surface area contributed by atoms with Crippen LogP contribution in [-0.4, -0.2) is 16.3 Å². The highest BCUT2D eigenvalue weighted by Gasteiger charge is 2.27. The van der Waals surface area contributed by atoms with Gasteiger partial charge in [0.2, 0.25) is 0 Å². The Kier molecular flexibility index (Phi) is 3.64. The lowest BCUT2D eigenvalue weighted by Gasteiger charge is -2.17. The van der Waals surface area contributed by atoms with Gasteiger partial charge in [0.15, 0.2) is 0 Å². The number of rotatable bonds is 4. The molecule has 2 rings (SSSR count). The SMILES string of the molecule is CCn1nc(C)cc1CC1CCCC1CN. The molecule has 2 N–H and O–H groups in total. The van der Waals surface area contributed by atoms with E-state index in [1.54, 1.807) is 0 Å². The summed E-state index contributed by atoms with van der Waals surface area (Å²) in [4.78, 5) is 0. The topological polar surface area (TPSA) is 43.8 Å². The summed E-state index contributed by atoms with van der Waals surface area (Å²) in [5.74, 6) is 1.52. The molecule has 3 heteroatoms. The Bertz CT molecular complexity index is 343. The van der Waals surface area contributed by atoms with Gasteiger partial charge in [-0.3, -0.25) is 4.68 Å². The monoisotopic (exact) mass is 221 g/mol. The molecule has 1 aromatic rings. The van der Waals surface area contributed by atoms with Gasteiger partial charge in [0.25, 0.3) is 0 Å². The molecule has 1 aliphatic rings. The van der Waals surface area contributed by atoms with Crippen molar-refractivity contribution in [1.29, 1.82) is 0 Å². The van der Waals surface area contributed by atoms with E-state index in [4.69, 9.17) is 5.73 Å². The van der Waals surface area contributed by atoms with Crippen molar-refractivity contribution >= 4 is 0 Å². The summed E-state index contributed by atoms with van der Waals surface area (Å²) < 4.78 is 2.14. The standard InChI is InChI=1S/C13H23N3/c1-3-16-13(7-10(2)15-16)8-11-5-4-6-12(11)9-14/h7,11-12H,3-6,8-9,14H2,1-2H3. The van der Waals surface area contributed by atoms with Crippen LogP contribution in [0.3, 0.4) is 0 Å². The number of nitrogens with zero attached hydrogens (tertiary/aromatic N) is 2. The third-order valence-corrected chi connectivity index (χ3v) is 3.88. The number of nitrogens with two attached hydrogens (primary N) is 1. The second kappa shape index (κ2) is 5.00. The Morgan fingerprint density at radius 2 is 2.19 bits per heavy atom. The summed E-state index contributed by atoms with van der Waals surface area (Å²) >= 11 is 0. The maximum Gasteiger partial charge on any atom is 0.0596 e. The molecule has 3 nitrogen and oxygen atoms in total. The maximum atomic E-state index is 5.83. The maximum absolute atomic E-state index is 5.83. The van der Waals surface area contributed by atoms with Gasteiger partial charge in [-0.2, -0.15) is 5.10 Å². The number of hydrogen-bond donors (Lipinski definition) is 1. The van der Waals surface area contributed by atoms with E-state index in [1.807, 2.05) is 0 Å². The molecule has 1 fully saturated rings. The average molecular weight is 221 g/mol. The highest BCUT2D eigenvalue weighted by molar-refractivity contribution is 5.10. The van der Waals surface area contributed by atoms with Gasteiger partial charge in [-0.1, -0.05) is 6.42 Å². The molecule has 0 aliphatic heterocycles. The van der Waals surface area contributed by atoms with E-state index in [9.17, 15) is 0 Å². The summed E-state index contributed by atoms with van der Waals surface area (Å²) in [5, 5.41) is 4.51. The predicted octanol–water partition coefficient (Wildman–Crippen LogP) is 2.13. The van der Waals surface area contributed by atoms with E-state index in [0.717, 1.165) is 37.0 Å². The first-order valence-electron chi connectivity index (χ1n) is 6.48. The molecule has 1 aliphatic carbocycles. The van der Waals surface area contributed by atoms with Crippen LogP contribution in [0.15, 0.2) is 6.07 Å². The van der Waals surface area contributed by atoms with Crippen molar-refractivity contribution in [3.8, 4) is 0 Å². The van der Waals surface area contributed by atoms with Crippen molar-refractivity contribution in [1.82, 2.24) is 9.78 Å². The number of aromatic nitrogens is 2. The fraction of sp³-hybridized carbons (Fsp3) is 0.769. The quantitative estimate of drug-likeness (QED) is 0.846. The largest absolute Gasteiger partial charge is 0.330 e. The van der Waals surface area contributed by atoms with Gasteiger partial charge in [-0.05, 0) is 57.6 Å².